The van der Waals surface area contributed by atoms with Gasteiger partial charge in [0, 0.05) is 19.6 Å². The Balaban J connectivity index is 2.83. The van der Waals surface area contributed by atoms with Crippen LogP contribution in [0.5, 0.6) is 0 Å². The summed E-state index contributed by atoms with van der Waals surface area (Å²) >= 11 is 0. The van der Waals surface area contributed by atoms with Crippen LogP contribution >= 0.6 is 0 Å². The minimum Gasteiger partial charge on any atom is -0.372 e. The third-order valence-corrected chi connectivity index (χ3v) is 3.67. The van der Waals surface area contributed by atoms with Crippen LogP contribution in [0.2, 0.25) is 0 Å². The van der Waals surface area contributed by atoms with Crippen LogP contribution in [0.3, 0.4) is 0 Å². The number of para-hydroxylation sites is 1. The highest BCUT2D eigenvalue weighted by atomic mass is 19.1. The van der Waals surface area contributed by atoms with E-state index in [2.05, 4.69) is 38.2 Å². The number of hydrogen-bond acceptors (Lipinski definition) is 3. The predicted octanol–water partition coefficient (Wildman–Crippen LogP) is 3.27. The van der Waals surface area contributed by atoms with Crippen molar-refractivity contribution in [3.8, 4) is 0 Å². The first-order chi connectivity index (χ1) is 9.97. The third-order valence-electron chi connectivity index (χ3n) is 3.67. The third kappa shape index (κ3) is 5.64. The van der Waals surface area contributed by atoms with Crippen molar-refractivity contribution in [1.82, 2.24) is 10.2 Å². The second-order valence-electron chi connectivity index (χ2n) is 5.93. The maximum Gasteiger partial charge on any atom is 0.146 e. The first kappa shape index (κ1) is 17.9. The minimum atomic E-state index is -0.134. The van der Waals surface area contributed by atoms with Crippen LogP contribution in [0.1, 0.15) is 38.3 Å². The van der Waals surface area contributed by atoms with Gasteiger partial charge in [-0.15, -0.1) is 0 Å². The lowest BCUT2D eigenvalue weighted by molar-refractivity contribution is 0.401. The molecule has 0 aromatic heterocycles. The molecule has 0 heterocycles. The van der Waals surface area contributed by atoms with Crippen molar-refractivity contribution in [2.45, 2.75) is 32.7 Å². The van der Waals surface area contributed by atoms with Gasteiger partial charge in [0.1, 0.15) is 5.82 Å². The molecule has 21 heavy (non-hydrogen) atoms. The molecule has 0 radical (unpaired) electrons. The molecule has 0 amide bonds. The first-order valence-corrected chi connectivity index (χ1v) is 7.85. The second kappa shape index (κ2) is 9.00. The van der Waals surface area contributed by atoms with E-state index in [4.69, 9.17) is 0 Å². The summed E-state index contributed by atoms with van der Waals surface area (Å²) in [7, 11) is 6.10. The van der Waals surface area contributed by atoms with Crippen molar-refractivity contribution in [3.63, 3.8) is 0 Å². The molecule has 0 saturated carbocycles. The van der Waals surface area contributed by atoms with Gasteiger partial charge in [-0.1, -0.05) is 19.1 Å². The van der Waals surface area contributed by atoms with Gasteiger partial charge in [0.15, 0.2) is 0 Å². The summed E-state index contributed by atoms with van der Waals surface area (Å²) < 4.78 is 14.3. The highest BCUT2D eigenvalue weighted by molar-refractivity contribution is 5.55. The standard InChI is InChI=1S/C17H30FN3/c1-6-11-19-14(2)15-9-7-10-16(18)17(15)21(5)13-8-12-20(3)4/h7,9-10,14,19H,6,8,11-13H2,1-5H3. The molecule has 0 saturated heterocycles. The molecule has 120 valence electrons. The molecule has 4 heteroatoms. The number of anilines is 1. The number of benzene rings is 1. The lowest BCUT2D eigenvalue weighted by Crippen LogP contribution is -2.27. The maximum atomic E-state index is 14.3. The summed E-state index contributed by atoms with van der Waals surface area (Å²) in [5, 5.41) is 3.44. The Morgan fingerprint density at radius 3 is 2.52 bits per heavy atom. The van der Waals surface area contributed by atoms with E-state index in [-0.39, 0.29) is 11.9 Å². The average molecular weight is 295 g/mol. The highest BCUT2D eigenvalue weighted by Crippen LogP contribution is 2.28. The van der Waals surface area contributed by atoms with E-state index < -0.39 is 0 Å². The van der Waals surface area contributed by atoms with E-state index in [9.17, 15) is 4.39 Å². The number of nitrogens with zero attached hydrogens (tertiary/aromatic N) is 2. The zero-order chi connectivity index (χ0) is 15.8. The van der Waals surface area contributed by atoms with Crippen LogP contribution in [0.15, 0.2) is 18.2 Å². The summed E-state index contributed by atoms with van der Waals surface area (Å²) in [5.74, 6) is -0.134. The molecule has 1 aromatic carbocycles. The zero-order valence-corrected chi connectivity index (χ0v) is 14.1. The summed E-state index contributed by atoms with van der Waals surface area (Å²) in [5.41, 5.74) is 1.77. The molecule has 1 rings (SSSR count). The van der Waals surface area contributed by atoms with Crippen molar-refractivity contribution in [2.24, 2.45) is 0 Å². The Bertz CT molecular complexity index is 420. The molecule has 1 unspecified atom stereocenters. The van der Waals surface area contributed by atoms with Crippen molar-refractivity contribution in [3.05, 3.63) is 29.6 Å². The van der Waals surface area contributed by atoms with Gasteiger partial charge < -0.3 is 15.1 Å². The Labute approximate surface area is 129 Å². The predicted molar refractivity (Wildman–Crippen MR) is 89.5 cm³/mol. The van der Waals surface area contributed by atoms with Gasteiger partial charge in [0.2, 0.25) is 0 Å². The number of rotatable bonds is 9. The number of nitrogens with one attached hydrogen (secondary N) is 1. The summed E-state index contributed by atoms with van der Waals surface area (Å²) in [6, 6.07) is 5.53. The molecule has 1 aromatic rings. The fourth-order valence-electron chi connectivity index (χ4n) is 2.49. The van der Waals surface area contributed by atoms with E-state index in [1.807, 2.05) is 18.0 Å². The van der Waals surface area contributed by atoms with Crippen molar-refractivity contribution >= 4 is 5.69 Å². The SMILES string of the molecule is CCCNC(C)c1cccc(F)c1N(C)CCCN(C)C. The number of hydrogen-bond donors (Lipinski definition) is 1. The largest absolute Gasteiger partial charge is 0.372 e. The smallest absolute Gasteiger partial charge is 0.146 e. The van der Waals surface area contributed by atoms with Crippen LogP contribution in [-0.2, 0) is 0 Å². The Kier molecular flexibility index (Phi) is 7.68. The second-order valence-corrected chi connectivity index (χ2v) is 5.93. The van der Waals surface area contributed by atoms with Gasteiger partial charge in [0.05, 0.1) is 5.69 Å². The fourth-order valence-corrected chi connectivity index (χ4v) is 2.49. The van der Waals surface area contributed by atoms with Gasteiger partial charge in [-0.05, 0) is 58.6 Å². The van der Waals surface area contributed by atoms with E-state index in [0.29, 0.717) is 0 Å². The molecule has 0 aliphatic rings. The van der Waals surface area contributed by atoms with E-state index in [1.54, 1.807) is 12.1 Å². The van der Waals surface area contributed by atoms with E-state index in [0.717, 1.165) is 43.7 Å². The lowest BCUT2D eigenvalue weighted by atomic mass is 10.0. The zero-order valence-electron chi connectivity index (χ0n) is 14.1. The molecule has 0 spiro atoms. The Morgan fingerprint density at radius 2 is 1.90 bits per heavy atom. The Hall–Kier alpha value is -1.13. The molecular formula is C17H30FN3. The van der Waals surface area contributed by atoms with Crippen LogP contribution in [0.4, 0.5) is 10.1 Å². The monoisotopic (exact) mass is 295 g/mol. The minimum absolute atomic E-state index is 0.134. The summed E-state index contributed by atoms with van der Waals surface area (Å²) in [4.78, 5) is 4.19. The molecule has 0 bridgehead atoms. The van der Waals surface area contributed by atoms with Crippen molar-refractivity contribution in [1.29, 1.82) is 0 Å². The summed E-state index contributed by atoms with van der Waals surface area (Å²) in [6.07, 6.45) is 2.10. The molecule has 3 nitrogen and oxygen atoms in total. The quantitative estimate of drug-likeness (QED) is 0.754. The molecule has 0 fully saturated rings. The van der Waals surface area contributed by atoms with Gasteiger partial charge in [-0.2, -0.15) is 0 Å². The molecular weight excluding hydrogens is 265 g/mol. The van der Waals surface area contributed by atoms with Crippen LogP contribution in [0, 0.1) is 5.82 Å². The topological polar surface area (TPSA) is 18.5 Å². The Morgan fingerprint density at radius 1 is 1.19 bits per heavy atom. The molecule has 1 atom stereocenters. The van der Waals surface area contributed by atoms with E-state index in [1.165, 1.54) is 0 Å². The lowest BCUT2D eigenvalue weighted by Gasteiger charge is -2.26. The van der Waals surface area contributed by atoms with Crippen LogP contribution in [0.25, 0.3) is 0 Å². The molecule has 1 N–H and O–H groups in total. The maximum absolute atomic E-state index is 14.3. The van der Waals surface area contributed by atoms with Crippen molar-refractivity contribution < 1.29 is 4.39 Å². The average Bonchev–Trinajstić information content (AvgIpc) is 2.43. The van der Waals surface area contributed by atoms with E-state index >= 15 is 0 Å². The number of halogens is 1. The van der Waals surface area contributed by atoms with Gasteiger partial charge in [0.25, 0.3) is 0 Å². The normalized spacial score (nSPS) is 12.7. The van der Waals surface area contributed by atoms with Crippen LogP contribution in [-0.4, -0.2) is 45.7 Å². The molecule has 0 aliphatic heterocycles. The fraction of sp³-hybridized carbons (Fsp3) is 0.647. The van der Waals surface area contributed by atoms with Gasteiger partial charge in [-0.25, -0.2) is 4.39 Å². The summed E-state index contributed by atoms with van der Waals surface area (Å²) in [6.45, 7) is 7.05. The molecule has 0 aliphatic carbocycles. The highest BCUT2D eigenvalue weighted by Gasteiger charge is 2.17. The van der Waals surface area contributed by atoms with Gasteiger partial charge in [-0.3, -0.25) is 0 Å². The van der Waals surface area contributed by atoms with Crippen LogP contribution < -0.4 is 10.2 Å². The van der Waals surface area contributed by atoms with Gasteiger partial charge >= 0.3 is 0 Å². The van der Waals surface area contributed by atoms with Crippen molar-refractivity contribution in [2.75, 3.05) is 45.7 Å². The first-order valence-electron chi connectivity index (χ1n) is 7.85.